The largest absolute Gasteiger partial charge is 0.496 e. The molecule has 0 aliphatic heterocycles. The molecule has 2 atom stereocenters. The zero-order chi connectivity index (χ0) is 17.3. The molecular weight excluding hydrogens is 322 g/mol. The van der Waals surface area contributed by atoms with Crippen LogP contribution < -0.4 is 10.1 Å². The molecular formula is C19H23NO3S. The number of methoxy groups -OCH3 is 1. The van der Waals surface area contributed by atoms with Gasteiger partial charge in [-0.15, -0.1) is 0 Å². The Hall–Kier alpha value is -1.85. The van der Waals surface area contributed by atoms with Crippen LogP contribution in [0.1, 0.15) is 42.1 Å². The van der Waals surface area contributed by atoms with Crippen LogP contribution in [0.4, 0.5) is 0 Å². The topological polar surface area (TPSA) is 55.4 Å². The van der Waals surface area contributed by atoms with Crippen LogP contribution in [-0.4, -0.2) is 21.8 Å². The number of sulfone groups is 1. The number of fused-ring (bicyclic) bond motifs is 1. The molecule has 0 aromatic heterocycles. The van der Waals surface area contributed by atoms with Crippen molar-refractivity contribution in [2.75, 3.05) is 13.4 Å². The molecule has 0 fully saturated rings. The monoisotopic (exact) mass is 345 g/mol. The fourth-order valence-corrected chi connectivity index (χ4v) is 4.02. The van der Waals surface area contributed by atoms with Crippen molar-refractivity contribution in [3.63, 3.8) is 0 Å². The van der Waals surface area contributed by atoms with Crippen molar-refractivity contribution in [1.82, 2.24) is 5.32 Å². The quantitative estimate of drug-likeness (QED) is 0.902. The van der Waals surface area contributed by atoms with E-state index in [4.69, 9.17) is 4.74 Å². The molecule has 2 aromatic rings. The first-order valence-electron chi connectivity index (χ1n) is 8.12. The lowest BCUT2D eigenvalue weighted by Crippen LogP contribution is -2.23. The highest BCUT2D eigenvalue weighted by Crippen LogP contribution is 2.38. The molecule has 24 heavy (non-hydrogen) atoms. The Bertz CT molecular complexity index is 828. The number of rotatable bonds is 5. The normalized spacial score (nSPS) is 18.2. The third kappa shape index (κ3) is 3.32. The smallest absolute Gasteiger partial charge is 0.175 e. The SMILES string of the molecule is COc1cccc2c1CC[C@H]2N[C@@H](C)c1ccc(S(C)(=O)=O)cc1. The average Bonchev–Trinajstić information content (AvgIpc) is 2.97. The third-order valence-electron chi connectivity index (χ3n) is 4.71. The molecule has 0 heterocycles. The summed E-state index contributed by atoms with van der Waals surface area (Å²) in [6.45, 7) is 2.10. The molecule has 0 saturated heterocycles. The maximum atomic E-state index is 11.6. The van der Waals surface area contributed by atoms with Gasteiger partial charge in [-0.1, -0.05) is 24.3 Å². The molecule has 4 nitrogen and oxygen atoms in total. The molecule has 0 saturated carbocycles. The summed E-state index contributed by atoms with van der Waals surface area (Å²) < 4.78 is 28.6. The van der Waals surface area contributed by atoms with Gasteiger partial charge in [-0.2, -0.15) is 0 Å². The summed E-state index contributed by atoms with van der Waals surface area (Å²) in [5.74, 6) is 0.960. The van der Waals surface area contributed by atoms with Gasteiger partial charge in [0.25, 0.3) is 0 Å². The van der Waals surface area contributed by atoms with Gasteiger partial charge in [-0.05, 0) is 54.7 Å². The van der Waals surface area contributed by atoms with Crippen LogP contribution in [0.15, 0.2) is 47.4 Å². The first-order valence-corrected chi connectivity index (χ1v) is 10.0. The first-order chi connectivity index (χ1) is 11.4. The van der Waals surface area contributed by atoms with Crippen LogP contribution in [0, 0.1) is 0 Å². The summed E-state index contributed by atoms with van der Waals surface area (Å²) in [6.07, 6.45) is 3.28. The van der Waals surface area contributed by atoms with Gasteiger partial charge in [-0.25, -0.2) is 8.42 Å². The van der Waals surface area contributed by atoms with E-state index in [-0.39, 0.29) is 6.04 Å². The molecule has 1 aliphatic rings. The van der Waals surface area contributed by atoms with E-state index in [0.29, 0.717) is 10.9 Å². The van der Waals surface area contributed by atoms with E-state index in [9.17, 15) is 8.42 Å². The number of hydrogen-bond acceptors (Lipinski definition) is 4. The van der Waals surface area contributed by atoms with Crippen LogP contribution in [0.5, 0.6) is 5.75 Å². The van der Waals surface area contributed by atoms with Crippen molar-refractivity contribution in [3.8, 4) is 5.75 Å². The molecule has 0 radical (unpaired) electrons. The standard InChI is InChI=1S/C19H23NO3S/c1-13(14-7-9-15(10-8-14)24(3,21)22)20-18-12-11-17-16(18)5-4-6-19(17)23-2/h4-10,13,18,20H,11-12H2,1-3H3/t13-,18+/m0/s1. The Labute approximate surface area is 143 Å². The van der Waals surface area contributed by atoms with Crippen molar-refractivity contribution in [1.29, 1.82) is 0 Å². The van der Waals surface area contributed by atoms with E-state index in [1.807, 2.05) is 24.3 Å². The van der Waals surface area contributed by atoms with E-state index in [2.05, 4.69) is 18.3 Å². The Kier molecular flexibility index (Phi) is 4.65. The lowest BCUT2D eigenvalue weighted by Gasteiger charge is -2.21. The van der Waals surface area contributed by atoms with Crippen LogP contribution in [-0.2, 0) is 16.3 Å². The maximum Gasteiger partial charge on any atom is 0.175 e. The van der Waals surface area contributed by atoms with Crippen LogP contribution in [0.3, 0.4) is 0 Å². The van der Waals surface area contributed by atoms with Crippen molar-refractivity contribution in [2.24, 2.45) is 0 Å². The minimum Gasteiger partial charge on any atom is -0.496 e. The summed E-state index contributed by atoms with van der Waals surface area (Å²) in [6, 6.07) is 13.7. The summed E-state index contributed by atoms with van der Waals surface area (Å²) >= 11 is 0. The second kappa shape index (κ2) is 6.57. The van der Waals surface area contributed by atoms with Gasteiger partial charge in [0.15, 0.2) is 9.84 Å². The van der Waals surface area contributed by atoms with Gasteiger partial charge in [0.2, 0.25) is 0 Å². The lowest BCUT2D eigenvalue weighted by atomic mass is 10.0. The second-order valence-electron chi connectivity index (χ2n) is 6.35. The molecule has 0 unspecified atom stereocenters. The summed E-state index contributed by atoms with van der Waals surface area (Å²) in [5, 5.41) is 3.66. The Morgan fingerprint density at radius 1 is 1.17 bits per heavy atom. The predicted molar refractivity (Wildman–Crippen MR) is 95.2 cm³/mol. The van der Waals surface area contributed by atoms with Gasteiger partial charge < -0.3 is 10.1 Å². The van der Waals surface area contributed by atoms with Gasteiger partial charge in [0.05, 0.1) is 12.0 Å². The molecule has 1 N–H and O–H groups in total. The predicted octanol–water partition coefficient (Wildman–Crippen LogP) is 3.44. The minimum absolute atomic E-state index is 0.140. The van der Waals surface area contributed by atoms with Crippen LogP contribution in [0.2, 0.25) is 0 Å². The summed E-state index contributed by atoms with van der Waals surface area (Å²) in [7, 11) is -1.44. The van der Waals surface area contributed by atoms with E-state index < -0.39 is 9.84 Å². The van der Waals surface area contributed by atoms with Gasteiger partial charge in [-0.3, -0.25) is 0 Å². The maximum absolute atomic E-state index is 11.6. The molecule has 128 valence electrons. The number of nitrogens with one attached hydrogen (secondary N) is 1. The average molecular weight is 345 g/mol. The van der Waals surface area contributed by atoms with E-state index >= 15 is 0 Å². The molecule has 0 spiro atoms. The van der Waals surface area contributed by atoms with Crippen LogP contribution >= 0.6 is 0 Å². The van der Waals surface area contributed by atoms with E-state index in [1.165, 1.54) is 17.4 Å². The van der Waals surface area contributed by atoms with Gasteiger partial charge >= 0.3 is 0 Å². The third-order valence-corrected chi connectivity index (χ3v) is 5.84. The minimum atomic E-state index is -3.15. The fraction of sp³-hybridized carbons (Fsp3) is 0.368. The van der Waals surface area contributed by atoms with Crippen molar-refractivity contribution < 1.29 is 13.2 Å². The highest BCUT2D eigenvalue weighted by molar-refractivity contribution is 7.90. The lowest BCUT2D eigenvalue weighted by molar-refractivity contribution is 0.410. The Morgan fingerprint density at radius 3 is 2.50 bits per heavy atom. The Morgan fingerprint density at radius 2 is 1.88 bits per heavy atom. The highest BCUT2D eigenvalue weighted by Gasteiger charge is 2.26. The molecule has 3 rings (SSSR count). The number of benzene rings is 2. The molecule has 1 aliphatic carbocycles. The van der Waals surface area contributed by atoms with Crippen molar-refractivity contribution >= 4 is 9.84 Å². The number of ether oxygens (including phenoxy) is 1. The molecule has 0 amide bonds. The number of hydrogen-bond donors (Lipinski definition) is 1. The molecule has 5 heteroatoms. The van der Waals surface area contributed by atoms with Gasteiger partial charge in [0, 0.05) is 18.3 Å². The summed E-state index contributed by atoms with van der Waals surface area (Å²) in [5.41, 5.74) is 3.67. The van der Waals surface area contributed by atoms with E-state index in [0.717, 1.165) is 24.2 Å². The van der Waals surface area contributed by atoms with Crippen molar-refractivity contribution in [2.45, 2.75) is 36.7 Å². The molecule has 2 aromatic carbocycles. The highest BCUT2D eigenvalue weighted by atomic mass is 32.2. The zero-order valence-electron chi connectivity index (χ0n) is 14.2. The first kappa shape index (κ1) is 17.0. The van der Waals surface area contributed by atoms with Crippen LogP contribution in [0.25, 0.3) is 0 Å². The second-order valence-corrected chi connectivity index (χ2v) is 8.36. The summed E-state index contributed by atoms with van der Waals surface area (Å²) in [4.78, 5) is 0.356. The van der Waals surface area contributed by atoms with Gasteiger partial charge in [0.1, 0.15) is 5.75 Å². The van der Waals surface area contributed by atoms with Crippen molar-refractivity contribution in [3.05, 3.63) is 59.2 Å². The fourth-order valence-electron chi connectivity index (χ4n) is 3.39. The zero-order valence-corrected chi connectivity index (χ0v) is 15.1. The Balaban J connectivity index is 1.76. The van der Waals surface area contributed by atoms with E-state index in [1.54, 1.807) is 19.2 Å². The molecule has 0 bridgehead atoms.